The lowest BCUT2D eigenvalue weighted by Crippen LogP contribution is -1.99. The molecule has 96 valence electrons. The molecule has 0 bridgehead atoms. The lowest BCUT2D eigenvalue weighted by Gasteiger charge is -2.08. The van der Waals surface area contributed by atoms with E-state index in [0.717, 1.165) is 16.8 Å². The molecule has 0 unspecified atom stereocenters. The van der Waals surface area contributed by atoms with Crippen molar-refractivity contribution in [1.82, 2.24) is 4.98 Å². The zero-order chi connectivity index (χ0) is 13.2. The van der Waals surface area contributed by atoms with Gasteiger partial charge in [-0.1, -0.05) is 30.3 Å². The van der Waals surface area contributed by atoms with Crippen molar-refractivity contribution in [3.8, 4) is 11.3 Å². The van der Waals surface area contributed by atoms with Gasteiger partial charge in [-0.2, -0.15) is 0 Å². The lowest BCUT2D eigenvalue weighted by atomic mass is 10.0. The summed E-state index contributed by atoms with van der Waals surface area (Å²) in [5.74, 6) is -0.147. The average molecular weight is 253 g/mol. The summed E-state index contributed by atoms with van der Waals surface area (Å²) in [6.07, 6.45) is 4.37. The minimum atomic E-state index is -0.802. The molecule has 0 saturated heterocycles. The van der Waals surface area contributed by atoms with Crippen LogP contribution in [0, 0.1) is 0 Å². The van der Waals surface area contributed by atoms with Crippen LogP contribution in [0.25, 0.3) is 11.3 Å². The second-order valence-electron chi connectivity index (χ2n) is 4.98. The van der Waals surface area contributed by atoms with Crippen LogP contribution in [0.3, 0.4) is 0 Å². The number of aromatic nitrogens is 1. The van der Waals surface area contributed by atoms with E-state index in [1.165, 1.54) is 18.4 Å². The van der Waals surface area contributed by atoms with Gasteiger partial charge in [-0.3, -0.25) is 9.78 Å². The van der Waals surface area contributed by atoms with Crippen molar-refractivity contribution >= 4 is 5.97 Å². The minimum absolute atomic E-state index is 0.0674. The average Bonchev–Trinajstić information content (AvgIpc) is 3.23. The SMILES string of the molecule is O=C(O)Cc1ccc(-c2ncccc2C2CC2)cc1. The molecular weight excluding hydrogens is 238 g/mol. The Labute approximate surface area is 111 Å². The molecule has 3 nitrogen and oxygen atoms in total. The molecule has 2 aromatic rings. The zero-order valence-electron chi connectivity index (χ0n) is 10.5. The first-order chi connectivity index (χ1) is 9.24. The van der Waals surface area contributed by atoms with E-state index in [1.54, 1.807) is 0 Å². The number of benzene rings is 1. The number of carboxylic acids is 1. The Morgan fingerprint density at radius 3 is 2.58 bits per heavy atom. The predicted molar refractivity (Wildman–Crippen MR) is 73.0 cm³/mol. The highest BCUT2D eigenvalue weighted by Crippen LogP contribution is 2.43. The molecular formula is C16H15NO2. The van der Waals surface area contributed by atoms with Gasteiger partial charge in [0.05, 0.1) is 12.1 Å². The van der Waals surface area contributed by atoms with E-state index in [9.17, 15) is 4.79 Å². The fraction of sp³-hybridized carbons (Fsp3) is 0.250. The van der Waals surface area contributed by atoms with E-state index >= 15 is 0 Å². The maximum atomic E-state index is 10.7. The predicted octanol–water partition coefficient (Wildman–Crippen LogP) is 3.25. The van der Waals surface area contributed by atoms with Crippen LogP contribution in [-0.4, -0.2) is 16.1 Å². The zero-order valence-corrected chi connectivity index (χ0v) is 10.5. The van der Waals surface area contributed by atoms with Gasteiger partial charge in [0, 0.05) is 11.8 Å². The Balaban J connectivity index is 1.91. The number of hydrogen-bond acceptors (Lipinski definition) is 2. The van der Waals surface area contributed by atoms with E-state index in [-0.39, 0.29) is 6.42 Å². The molecule has 19 heavy (non-hydrogen) atoms. The van der Waals surface area contributed by atoms with E-state index in [0.29, 0.717) is 5.92 Å². The smallest absolute Gasteiger partial charge is 0.307 e. The van der Waals surface area contributed by atoms with Crippen LogP contribution >= 0.6 is 0 Å². The van der Waals surface area contributed by atoms with Crippen molar-refractivity contribution in [2.45, 2.75) is 25.2 Å². The number of rotatable bonds is 4. The van der Waals surface area contributed by atoms with Crippen molar-refractivity contribution < 1.29 is 9.90 Å². The summed E-state index contributed by atoms with van der Waals surface area (Å²) < 4.78 is 0. The van der Waals surface area contributed by atoms with E-state index in [2.05, 4.69) is 11.1 Å². The largest absolute Gasteiger partial charge is 0.481 e. The summed E-state index contributed by atoms with van der Waals surface area (Å²) in [7, 11) is 0. The highest BCUT2D eigenvalue weighted by atomic mass is 16.4. The van der Waals surface area contributed by atoms with Gasteiger partial charge in [0.2, 0.25) is 0 Å². The van der Waals surface area contributed by atoms with Crippen LogP contribution in [0.5, 0.6) is 0 Å². The van der Waals surface area contributed by atoms with Crippen molar-refractivity contribution in [2.75, 3.05) is 0 Å². The van der Waals surface area contributed by atoms with E-state index in [1.807, 2.05) is 36.5 Å². The summed E-state index contributed by atoms with van der Waals surface area (Å²) in [4.78, 5) is 15.1. The van der Waals surface area contributed by atoms with Gasteiger partial charge in [-0.15, -0.1) is 0 Å². The first kappa shape index (κ1) is 11.9. The normalized spacial score (nSPS) is 14.3. The van der Waals surface area contributed by atoms with Crippen LogP contribution in [-0.2, 0) is 11.2 Å². The maximum absolute atomic E-state index is 10.7. The molecule has 3 heteroatoms. The molecule has 0 radical (unpaired) electrons. The van der Waals surface area contributed by atoms with Crippen LogP contribution < -0.4 is 0 Å². The number of carboxylic acid groups (broad SMARTS) is 1. The van der Waals surface area contributed by atoms with Gasteiger partial charge in [0.1, 0.15) is 0 Å². The van der Waals surface area contributed by atoms with Crippen molar-refractivity contribution in [1.29, 1.82) is 0 Å². The Bertz CT molecular complexity index is 600. The van der Waals surface area contributed by atoms with Crippen molar-refractivity contribution in [3.63, 3.8) is 0 Å². The third kappa shape index (κ3) is 2.65. The van der Waals surface area contributed by atoms with Gasteiger partial charge < -0.3 is 5.11 Å². The molecule has 1 fully saturated rings. The molecule has 1 heterocycles. The third-order valence-electron chi connectivity index (χ3n) is 3.44. The van der Waals surface area contributed by atoms with Gasteiger partial charge in [0.15, 0.2) is 0 Å². The molecule has 1 aromatic carbocycles. The summed E-state index contributed by atoms with van der Waals surface area (Å²) >= 11 is 0. The molecule has 0 atom stereocenters. The van der Waals surface area contributed by atoms with E-state index < -0.39 is 5.97 Å². The fourth-order valence-corrected chi connectivity index (χ4v) is 2.34. The van der Waals surface area contributed by atoms with Crippen LogP contribution in [0.15, 0.2) is 42.6 Å². The lowest BCUT2D eigenvalue weighted by molar-refractivity contribution is -0.136. The topological polar surface area (TPSA) is 50.2 Å². The second-order valence-corrected chi connectivity index (χ2v) is 4.98. The summed E-state index contributed by atoms with van der Waals surface area (Å²) in [5, 5.41) is 8.77. The molecule has 1 saturated carbocycles. The molecule has 1 aliphatic carbocycles. The van der Waals surface area contributed by atoms with Crippen LogP contribution in [0.4, 0.5) is 0 Å². The van der Waals surface area contributed by atoms with Crippen molar-refractivity contribution in [2.24, 2.45) is 0 Å². The van der Waals surface area contributed by atoms with Gasteiger partial charge >= 0.3 is 5.97 Å². The second kappa shape index (κ2) is 4.84. The Morgan fingerprint density at radius 2 is 1.95 bits per heavy atom. The van der Waals surface area contributed by atoms with E-state index in [4.69, 9.17) is 5.11 Å². The molecule has 1 aliphatic rings. The minimum Gasteiger partial charge on any atom is -0.481 e. The number of hydrogen-bond donors (Lipinski definition) is 1. The summed E-state index contributed by atoms with van der Waals surface area (Å²) in [6.45, 7) is 0. The quantitative estimate of drug-likeness (QED) is 0.909. The summed E-state index contributed by atoms with van der Waals surface area (Å²) in [6, 6.07) is 11.8. The third-order valence-corrected chi connectivity index (χ3v) is 3.44. The molecule has 0 amide bonds. The number of carbonyl (C=O) groups is 1. The number of nitrogens with zero attached hydrogens (tertiary/aromatic N) is 1. The molecule has 0 spiro atoms. The van der Waals surface area contributed by atoms with Gasteiger partial charge in [0.25, 0.3) is 0 Å². The van der Waals surface area contributed by atoms with Gasteiger partial charge in [-0.25, -0.2) is 0 Å². The highest BCUT2D eigenvalue weighted by Gasteiger charge is 2.26. The first-order valence-corrected chi connectivity index (χ1v) is 6.50. The Morgan fingerprint density at radius 1 is 1.21 bits per heavy atom. The summed E-state index contributed by atoms with van der Waals surface area (Å²) in [5.41, 5.74) is 4.23. The molecule has 0 aliphatic heterocycles. The standard InChI is InChI=1S/C16H15NO2/c18-15(19)10-11-3-5-13(6-4-11)16-14(12-7-8-12)2-1-9-17-16/h1-6,9,12H,7-8,10H2,(H,18,19). The first-order valence-electron chi connectivity index (χ1n) is 6.50. The number of aliphatic carboxylic acids is 1. The Hall–Kier alpha value is -2.16. The van der Waals surface area contributed by atoms with Crippen molar-refractivity contribution in [3.05, 3.63) is 53.7 Å². The monoisotopic (exact) mass is 253 g/mol. The van der Waals surface area contributed by atoms with Crippen LogP contribution in [0.1, 0.15) is 29.9 Å². The van der Waals surface area contributed by atoms with Crippen LogP contribution in [0.2, 0.25) is 0 Å². The highest BCUT2D eigenvalue weighted by molar-refractivity contribution is 5.71. The molecule has 3 rings (SSSR count). The maximum Gasteiger partial charge on any atom is 0.307 e. The fourth-order valence-electron chi connectivity index (χ4n) is 2.34. The molecule has 1 aromatic heterocycles. The molecule has 1 N–H and O–H groups in total. The Kier molecular flexibility index (Phi) is 3.03. The number of pyridine rings is 1. The van der Waals surface area contributed by atoms with Gasteiger partial charge in [-0.05, 0) is 36.0 Å².